The fourth-order valence-electron chi connectivity index (χ4n) is 1.47. The van der Waals surface area contributed by atoms with Crippen molar-refractivity contribution in [1.82, 2.24) is 9.38 Å². The second kappa shape index (κ2) is 4.14. The molecule has 2 rings (SSSR count). The van der Waals surface area contributed by atoms with E-state index in [1.165, 1.54) is 0 Å². The summed E-state index contributed by atoms with van der Waals surface area (Å²) in [5, 5.41) is 0.400. The van der Waals surface area contributed by atoms with Gasteiger partial charge >= 0.3 is 5.97 Å². The molecule has 2 aromatic rings. The Morgan fingerprint density at radius 1 is 1.62 bits per heavy atom. The summed E-state index contributed by atoms with van der Waals surface area (Å²) in [6.07, 6.45) is 3.59. The molecule has 0 aromatic carbocycles. The number of aromatic nitrogens is 2. The van der Waals surface area contributed by atoms with Crippen molar-refractivity contribution >= 4 is 23.2 Å². The number of carbonyl (C=O) groups excluding carboxylic acids is 1. The van der Waals surface area contributed by atoms with Crippen LogP contribution >= 0.6 is 11.6 Å². The molecule has 0 unspecified atom stereocenters. The molecular formula is C11H11ClN2O2. The molecular weight excluding hydrogens is 228 g/mol. The summed E-state index contributed by atoms with van der Waals surface area (Å²) in [5.41, 5.74) is 1.82. The maximum absolute atomic E-state index is 11.6. The molecule has 0 saturated heterocycles. The molecule has 0 saturated carbocycles. The predicted octanol–water partition coefficient (Wildman–Crippen LogP) is 2.47. The van der Waals surface area contributed by atoms with Crippen molar-refractivity contribution in [2.24, 2.45) is 0 Å². The lowest BCUT2D eigenvalue weighted by Gasteiger charge is -2.02. The van der Waals surface area contributed by atoms with Crippen LogP contribution < -0.4 is 0 Å². The zero-order chi connectivity index (χ0) is 11.7. The summed E-state index contributed by atoms with van der Waals surface area (Å²) in [6, 6.07) is 1.68. The standard InChI is InChI=1S/C11H11ClN2O2/c1-3-16-11(15)8-4-5-14-6-7(2)9(12)13-10(8)14/h4-6H,3H2,1-2H3. The Kier molecular flexibility index (Phi) is 2.83. The van der Waals surface area contributed by atoms with Crippen LogP contribution in [0, 0.1) is 6.92 Å². The molecule has 0 amide bonds. The zero-order valence-corrected chi connectivity index (χ0v) is 9.78. The summed E-state index contributed by atoms with van der Waals surface area (Å²) in [4.78, 5) is 15.8. The smallest absolute Gasteiger partial charge is 0.341 e. The molecule has 84 valence electrons. The van der Waals surface area contributed by atoms with E-state index in [-0.39, 0.29) is 5.97 Å². The molecule has 2 heterocycles. The number of rotatable bonds is 2. The quantitative estimate of drug-likeness (QED) is 0.596. The van der Waals surface area contributed by atoms with Crippen LogP contribution in [0.4, 0.5) is 0 Å². The maximum atomic E-state index is 11.6. The van der Waals surface area contributed by atoms with Gasteiger partial charge in [-0.3, -0.25) is 0 Å². The fraction of sp³-hybridized carbons (Fsp3) is 0.273. The second-order valence-corrected chi connectivity index (χ2v) is 3.75. The SMILES string of the molecule is CCOC(=O)c1ccn2cc(C)c(Cl)nc12. The fourth-order valence-corrected chi connectivity index (χ4v) is 1.60. The van der Waals surface area contributed by atoms with Gasteiger partial charge in [-0.25, -0.2) is 9.78 Å². The number of hydrogen-bond donors (Lipinski definition) is 0. The highest BCUT2D eigenvalue weighted by atomic mass is 35.5. The van der Waals surface area contributed by atoms with Gasteiger partial charge in [0.1, 0.15) is 10.7 Å². The van der Waals surface area contributed by atoms with Crippen LogP contribution in [0.3, 0.4) is 0 Å². The van der Waals surface area contributed by atoms with Gasteiger partial charge in [0, 0.05) is 18.0 Å². The lowest BCUT2D eigenvalue weighted by molar-refractivity contribution is 0.0528. The number of ether oxygens (including phenoxy) is 1. The number of aryl methyl sites for hydroxylation is 1. The first-order chi connectivity index (χ1) is 7.63. The third-order valence-electron chi connectivity index (χ3n) is 2.24. The predicted molar refractivity (Wildman–Crippen MR) is 60.9 cm³/mol. The molecule has 0 spiro atoms. The van der Waals surface area contributed by atoms with Gasteiger partial charge < -0.3 is 9.14 Å². The van der Waals surface area contributed by atoms with Crippen molar-refractivity contribution in [3.63, 3.8) is 0 Å². The minimum absolute atomic E-state index is 0.343. The van der Waals surface area contributed by atoms with Crippen LogP contribution in [0.2, 0.25) is 5.15 Å². The molecule has 0 fully saturated rings. The van der Waals surface area contributed by atoms with E-state index in [2.05, 4.69) is 4.98 Å². The summed E-state index contributed by atoms with van der Waals surface area (Å²) >= 11 is 5.92. The average molecular weight is 239 g/mol. The van der Waals surface area contributed by atoms with E-state index in [1.807, 2.05) is 13.1 Å². The zero-order valence-electron chi connectivity index (χ0n) is 9.03. The minimum atomic E-state index is -0.377. The normalized spacial score (nSPS) is 10.7. The van der Waals surface area contributed by atoms with Crippen molar-refractivity contribution in [1.29, 1.82) is 0 Å². The van der Waals surface area contributed by atoms with Gasteiger partial charge in [0.2, 0.25) is 0 Å². The Hall–Kier alpha value is -1.55. The van der Waals surface area contributed by atoms with E-state index in [0.717, 1.165) is 5.56 Å². The third-order valence-corrected chi connectivity index (χ3v) is 2.63. The van der Waals surface area contributed by atoms with Gasteiger partial charge in [-0.15, -0.1) is 0 Å². The van der Waals surface area contributed by atoms with E-state index >= 15 is 0 Å². The Morgan fingerprint density at radius 3 is 3.06 bits per heavy atom. The van der Waals surface area contributed by atoms with Gasteiger partial charge in [-0.05, 0) is 19.9 Å². The van der Waals surface area contributed by atoms with E-state index in [1.54, 1.807) is 23.6 Å². The van der Waals surface area contributed by atoms with Gasteiger partial charge in [0.15, 0.2) is 5.65 Å². The highest BCUT2D eigenvalue weighted by Crippen LogP contribution is 2.18. The minimum Gasteiger partial charge on any atom is -0.462 e. The molecule has 0 aliphatic rings. The summed E-state index contributed by atoms with van der Waals surface area (Å²) in [6.45, 7) is 3.97. The molecule has 2 aromatic heterocycles. The van der Waals surface area contributed by atoms with Crippen LogP contribution in [0.25, 0.3) is 5.65 Å². The Bertz CT molecular complexity index is 548. The Balaban J connectivity index is 2.56. The lowest BCUT2D eigenvalue weighted by Crippen LogP contribution is -2.05. The maximum Gasteiger partial charge on any atom is 0.341 e. The van der Waals surface area contributed by atoms with Gasteiger partial charge in [-0.1, -0.05) is 11.6 Å². The van der Waals surface area contributed by atoms with Crippen LogP contribution in [0.15, 0.2) is 18.5 Å². The number of carbonyl (C=O) groups is 1. The number of fused-ring (bicyclic) bond motifs is 1. The highest BCUT2D eigenvalue weighted by Gasteiger charge is 2.14. The van der Waals surface area contributed by atoms with Crippen molar-refractivity contribution in [2.45, 2.75) is 13.8 Å². The monoisotopic (exact) mass is 238 g/mol. The van der Waals surface area contributed by atoms with E-state index in [4.69, 9.17) is 16.3 Å². The molecule has 0 bridgehead atoms. The van der Waals surface area contributed by atoms with E-state index < -0.39 is 0 Å². The third kappa shape index (κ3) is 1.76. The van der Waals surface area contributed by atoms with Crippen molar-refractivity contribution in [3.8, 4) is 0 Å². The Morgan fingerprint density at radius 2 is 2.38 bits per heavy atom. The summed E-state index contributed by atoms with van der Waals surface area (Å²) < 4.78 is 6.69. The van der Waals surface area contributed by atoms with E-state index in [9.17, 15) is 4.79 Å². The van der Waals surface area contributed by atoms with Crippen molar-refractivity contribution in [2.75, 3.05) is 6.61 Å². The first-order valence-corrected chi connectivity index (χ1v) is 5.32. The first-order valence-electron chi connectivity index (χ1n) is 4.94. The number of hydrogen-bond acceptors (Lipinski definition) is 3. The van der Waals surface area contributed by atoms with Crippen LogP contribution in [0.5, 0.6) is 0 Å². The summed E-state index contributed by atoms with van der Waals surface area (Å²) in [5.74, 6) is -0.377. The van der Waals surface area contributed by atoms with Gasteiger partial charge in [-0.2, -0.15) is 0 Å². The molecule has 0 aliphatic carbocycles. The van der Waals surface area contributed by atoms with Crippen LogP contribution in [-0.4, -0.2) is 22.0 Å². The summed E-state index contributed by atoms with van der Waals surface area (Å²) in [7, 11) is 0. The molecule has 0 radical (unpaired) electrons. The number of nitrogens with zero attached hydrogens (tertiary/aromatic N) is 2. The molecule has 0 aliphatic heterocycles. The van der Waals surface area contributed by atoms with Crippen molar-refractivity contribution in [3.05, 3.63) is 34.7 Å². The van der Waals surface area contributed by atoms with Crippen LogP contribution in [0.1, 0.15) is 22.8 Å². The average Bonchev–Trinajstić information content (AvgIpc) is 2.62. The van der Waals surface area contributed by atoms with Gasteiger partial charge in [0.05, 0.1) is 6.61 Å². The molecule has 16 heavy (non-hydrogen) atoms. The lowest BCUT2D eigenvalue weighted by atomic mass is 10.3. The molecule has 4 nitrogen and oxygen atoms in total. The molecule has 0 N–H and O–H groups in total. The largest absolute Gasteiger partial charge is 0.462 e. The first kappa shape index (κ1) is 11.0. The molecule has 0 atom stereocenters. The highest BCUT2D eigenvalue weighted by molar-refractivity contribution is 6.30. The number of esters is 1. The Labute approximate surface area is 97.8 Å². The van der Waals surface area contributed by atoms with Crippen LogP contribution in [-0.2, 0) is 4.74 Å². The molecule has 5 heteroatoms. The van der Waals surface area contributed by atoms with E-state index in [0.29, 0.717) is 23.0 Å². The second-order valence-electron chi connectivity index (χ2n) is 3.40. The topological polar surface area (TPSA) is 43.6 Å². The van der Waals surface area contributed by atoms with Gasteiger partial charge in [0.25, 0.3) is 0 Å². The number of halogens is 1. The van der Waals surface area contributed by atoms with Crippen molar-refractivity contribution < 1.29 is 9.53 Å².